The first-order valence-electron chi connectivity index (χ1n) is 7.19. The van der Waals surface area contributed by atoms with Crippen molar-refractivity contribution in [2.24, 2.45) is 11.7 Å². The fourth-order valence-corrected chi connectivity index (χ4v) is 4.51. The summed E-state index contributed by atoms with van der Waals surface area (Å²) in [6.45, 7) is 3.78. The van der Waals surface area contributed by atoms with Gasteiger partial charge in [0, 0.05) is 0 Å². The van der Waals surface area contributed by atoms with E-state index in [1.807, 2.05) is 0 Å². The highest BCUT2D eigenvalue weighted by Gasteiger charge is 2.41. The summed E-state index contributed by atoms with van der Waals surface area (Å²) in [6.07, 6.45) is 5.24. The van der Waals surface area contributed by atoms with E-state index in [1.165, 1.54) is 6.20 Å². The Hall–Kier alpha value is -1.41. The highest BCUT2D eigenvalue weighted by molar-refractivity contribution is 7.89. The van der Waals surface area contributed by atoms with Gasteiger partial charge in [-0.05, 0) is 38.5 Å². The van der Waals surface area contributed by atoms with Gasteiger partial charge in [-0.1, -0.05) is 13.3 Å². The number of rotatable bonds is 5. The van der Waals surface area contributed by atoms with Crippen molar-refractivity contribution in [1.82, 2.24) is 14.9 Å². The van der Waals surface area contributed by atoms with E-state index in [-0.39, 0.29) is 10.7 Å². The lowest BCUT2D eigenvalue weighted by atomic mass is 9.75. The van der Waals surface area contributed by atoms with Gasteiger partial charge in [-0.2, -0.15) is 9.82 Å². The SMILES string of the molecule is CCC1CCC(NS(=O)(=O)c2cn[nH]c2C)(C(=N)N)CC1. The average Bonchev–Trinajstić information content (AvgIpc) is 2.86. The number of nitrogens with one attached hydrogen (secondary N) is 3. The van der Waals surface area contributed by atoms with Gasteiger partial charge in [0.05, 0.1) is 17.4 Å². The Balaban J connectivity index is 2.26. The zero-order chi connectivity index (χ0) is 15.7. The molecule has 0 radical (unpaired) electrons. The van der Waals surface area contributed by atoms with E-state index >= 15 is 0 Å². The molecule has 21 heavy (non-hydrogen) atoms. The first kappa shape index (κ1) is 16.0. The zero-order valence-corrected chi connectivity index (χ0v) is 13.3. The van der Waals surface area contributed by atoms with E-state index in [0.29, 0.717) is 24.5 Å². The van der Waals surface area contributed by atoms with Gasteiger partial charge in [0.2, 0.25) is 10.0 Å². The van der Waals surface area contributed by atoms with Crippen LogP contribution in [0.15, 0.2) is 11.1 Å². The van der Waals surface area contributed by atoms with Gasteiger partial charge in [0.15, 0.2) is 0 Å². The number of H-pyrrole nitrogens is 1. The van der Waals surface area contributed by atoms with Gasteiger partial charge in [-0.3, -0.25) is 10.5 Å². The molecular formula is C13H23N5O2S. The summed E-state index contributed by atoms with van der Waals surface area (Å²) < 4.78 is 27.7. The van der Waals surface area contributed by atoms with Crippen molar-refractivity contribution in [1.29, 1.82) is 5.41 Å². The van der Waals surface area contributed by atoms with Crippen molar-refractivity contribution in [3.05, 3.63) is 11.9 Å². The molecule has 0 amide bonds. The summed E-state index contributed by atoms with van der Waals surface area (Å²) in [4.78, 5) is 0.112. The lowest BCUT2D eigenvalue weighted by molar-refractivity contribution is 0.266. The molecule has 118 valence electrons. The standard InChI is InChI=1S/C13H23N5O2S/c1-3-10-4-6-13(7-5-10,12(14)15)18-21(19,20)11-8-16-17-9(11)2/h8,10,18H,3-7H2,1-2H3,(H3,14,15)(H,16,17). The van der Waals surface area contributed by atoms with Crippen molar-refractivity contribution < 1.29 is 8.42 Å². The van der Waals surface area contributed by atoms with Crippen LogP contribution in [0.5, 0.6) is 0 Å². The zero-order valence-electron chi connectivity index (χ0n) is 12.4. The largest absolute Gasteiger partial charge is 0.386 e. The van der Waals surface area contributed by atoms with E-state index in [2.05, 4.69) is 21.8 Å². The number of aromatic nitrogens is 2. The van der Waals surface area contributed by atoms with Gasteiger partial charge in [0.25, 0.3) is 0 Å². The molecule has 2 rings (SSSR count). The predicted octanol–water partition coefficient (Wildman–Crippen LogP) is 1.27. The van der Waals surface area contributed by atoms with Gasteiger partial charge in [0.1, 0.15) is 10.7 Å². The molecule has 1 aliphatic rings. The number of aryl methyl sites for hydroxylation is 1. The van der Waals surface area contributed by atoms with Crippen molar-refractivity contribution in [2.75, 3.05) is 0 Å². The fourth-order valence-electron chi connectivity index (χ4n) is 2.93. The van der Waals surface area contributed by atoms with Crippen molar-refractivity contribution in [3.63, 3.8) is 0 Å². The van der Waals surface area contributed by atoms with Gasteiger partial charge in [-0.15, -0.1) is 0 Å². The Labute approximate surface area is 125 Å². The molecule has 0 spiro atoms. The Kier molecular flexibility index (Phi) is 4.38. The summed E-state index contributed by atoms with van der Waals surface area (Å²) in [5.74, 6) is 0.472. The van der Waals surface area contributed by atoms with E-state index < -0.39 is 15.6 Å². The Bertz CT molecular complexity index is 614. The lowest BCUT2D eigenvalue weighted by Gasteiger charge is -2.39. The number of nitrogens with zero attached hydrogens (tertiary/aromatic N) is 1. The predicted molar refractivity (Wildman–Crippen MR) is 80.5 cm³/mol. The third-order valence-electron chi connectivity index (χ3n) is 4.45. The van der Waals surface area contributed by atoms with Crippen molar-refractivity contribution >= 4 is 15.9 Å². The molecule has 0 atom stereocenters. The van der Waals surface area contributed by atoms with Crippen LogP contribution < -0.4 is 10.5 Å². The molecule has 1 heterocycles. The molecule has 0 saturated heterocycles. The molecular weight excluding hydrogens is 290 g/mol. The second kappa shape index (κ2) is 5.76. The molecule has 1 aromatic heterocycles. The van der Waals surface area contributed by atoms with Crippen LogP contribution >= 0.6 is 0 Å². The Morgan fingerprint density at radius 3 is 2.62 bits per heavy atom. The molecule has 0 unspecified atom stereocenters. The number of nitrogens with two attached hydrogens (primary N) is 1. The molecule has 1 fully saturated rings. The minimum Gasteiger partial charge on any atom is -0.386 e. The quantitative estimate of drug-likeness (QED) is 0.482. The van der Waals surface area contributed by atoms with Crippen LogP contribution in [-0.4, -0.2) is 30.0 Å². The second-order valence-electron chi connectivity index (χ2n) is 5.81. The number of hydrogen-bond acceptors (Lipinski definition) is 4. The maximum absolute atomic E-state index is 12.5. The molecule has 7 nitrogen and oxygen atoms in total. The van der Waals surface area contributed by atoms with Gasteiger partial charge in [-0.25, -0.2) is 8.42 Å². The molecule has 0 aliphatic heterocycles. The minimum atomic E-state index is -3.74. The third kappa shape index (κ3) is 3.11. The topological polar surface area (TPSA) is 125 Å². The highest BCUT2D eigenvalue weighted by atomic mass is 32.2. The van der Waals surface area contributed by atoms with Crippen LogP contribution in [0.3, 0.4) is 0 Å². The fraction of sp³-hybridized carbons (Fsp3) is 0.692. The van der Waals surface area contributed by atoms with Crippen LogP contribution in [0.2, 0.25) is 0 Å². The maximum atomic E-state index is 12.5. The first-order chi connectivity index (χ1) is 9.81. The molecule has 0 bridgehead atoms. The van der Waals surface area contributed by atoms with Crippen molar-refractivity contribution in [3.8, 4) is 0 Å². The van der Waals surface area contributed by atoms with Crippen molar-refractivity contribution in [2.45, 2.75) is 56.4 Å². The third-order valence-corrected chi connectivity index (χ3v) is 6.10. The van der Waals surface area contributed by atoms with E-state index in [1.54, 1.807) is 6.92 Å². The molecule has 0 aromatic carbocycles. The summed E-state index contributed by atoms with van der Waals surface area (Å²) in [7, 11) is -3.74. The van der Waals surface area contributed by atoms with E-state index in [4.69, 9.17) is 11.1 Å². The molecule has 5 N–H and O–H groups in total. The summed E-state index contributed by atoms with van der Waals surface area (Å²) in [6, 6.07) is 0. The van der Waals surface area contributed by atoms with Crippen LogP contribution in [0.1, 0.15) is 44.7 Å². The van der Waals surface area contributed by atoms with E-state index in [9.17, 15) is 8.42 Å². The number of aromatic amines is 1. The first-order valence-corrected chi connectivity index (χ1v) is 8.67. The molecule has 1 aromatic rings. The molecule has 1 saturated carbocycles. The Morgan fingerprint density at radius 1 is 1.57 bits per heavy atom. The lowest BCUT2D eigenvalue weighted by Crippen LogP contribution is -2.58. The van der Waals surface area contributed by atoms with Gasteiger partial charge < -0.3 is 5.73 Å². The van der Waals surface area contributed by atoms with Crippen LogP contribution in [0.25, 0.3) is 0 Å². The van der Waals surface area contributed by atoms with Crippen LogP contribution in [-0.2, 0) is 10.0 Å². The monoisotopic (exact) mass is 313 g/mol. The number of amidine groups is 1. The van der Waals surface area contributed by atoms with Crippen LogP contribution in [0.4, 0.5) is 0 Å². The normalized spacial score (nSPS) is 26.7. The maximum Gasteiger partial charge on any atom is 0.244 e. The smallest absolute Gasteiger partial charge is 0.244 e. The molecule has 8 heteroatoms. The second-order valence-corrected chi connectivity index (χ2v) is 7.46. The average molecular weight is 313 g/mol. The Morgan fingerprint density at radius 2 is 2.19 bits per heavy atom. The van der Waals surface area contributed by atoms with E-state index in [0.717, 1.165) is 19.3 Å². The summed E-state index contributed by atoms with van der Waals surface area (Å²) in [5, 5.41) is 14.2. The molecule has 1 aliphatic carbocycles. The van der Waals surface area contributed by atoms with Gasteiger partial charge >= 0.3 is 0 Å². The number of sulfonamides is 1. The number of hydrogen-bond donors (Lipinski definition) is 4. The summed E-state index contributed by atoms with van der Waals surface area (Å²) >= 11 is 0. The summed E-state index contributed by atoms with van der Waals surface area (Å²) in [5.41, 5.74) is 5.23. The minimum absolute atomic E-state index is 0.109. The highest BCUT2D eigenvalue weighted by Crippen LogP contribution is 2.35. The van der Waals surface area contributed by atoms with Crippen LogP contribution in [0, 0.1) is 18.3 Å².